The van der Waals surface area contributed by atoms with E-state index in [-0.39, 0.29) is 0 Å². The van der Waals surface area contributed by atoms with Crippen LogP contribution in [0.15, 0.2) is 4.99 Å². The number of rotatable bonds is 7. The highest BCUT2D eigenvalue weighted by molar-refractivity contribution is 5.80. The minimum absolute atomic E-state index is 0.450. The van der Waals surface area contributed by atoms with Gasteiger partial charge in [0.1, 0.15) is 0 Å². The fourth-order valence-corrected chi connectivity index (χ4v) is 4.58. The van der Waals surface area contributed by atoms with Gasteiger partial charge < -0.3 is 15.1 Å². The SMILES string of the molecule is CCCC1(C)CCCN(C(=NCC(C)N2CCN(CC)CC2)NCC)C1. The molecule has 0 saturated carbocycles. The summed E-state index contributed by atoms with van der Waals surface area (Å²) in [5.74, 6) is 1.13. The van der Waals surface area contributed by atoms with Crippen molar-refractivity contribution in [3.63, 3.8) is 0 Å². The molecule has 5 heteroatoms. The molecule has 0 bridgehead atoms. The number of hydrogen-bond donors (Lipinski definition) is 1. The Morgan fingerprint density at radius 2 is 1.85 bits per heavy atom. The number of guanidine groups is 1. The zero-order chi connectivity index (χ0) is 19.0. The van der Waals surface area contributed by atoms with Gasteiger partial charge in [-0.05, 0) is 45.1 Å². The second kappa shape index (κ2) is 10.5. The maximum atomic E-state index is 5.05. The van der Waals surface area contributed by atoms with Gasteiger partial charge in [0, 0.05) is 51.9 Å². The normalized spacial score (nSPS) is 27.6. The Bertz CT molecular complexity index is 426. The average Bonchev–Trinajstić information content (AvgIpc) is 2.65. The van der Waals surface area contributed by atoms with Crippen LogP contribution in [0.25, 0.3) is 0 Å². The van der Waals surface area contributed by atoms with Gasteiger partial charge in [-0.1, -0.05) is 27.2 Å². The Labute approximate surface area is 162 Å². The van der Waals surface area contributed by atoms with Gasteiger partial charge in [0.2, 0.25) is 0 Å². The van der Waals surface area contributed by atoms with Gasteiger partial charge in [0.25, 0.3) is 0 Å². The van der Waals surface area contributed by atoms with Crippen LogP contribution < -0.4 is 5.32 Å². The highest BCUT2D eigenvalue weighted by Gasteiger charge is 2.31. The lowest BCUT2D eigenvalue weighted by molar-refractivity contribution is 0.108. The largest absolute Gasteiger partial charge is 0.357 e. The Kier molecular flexibility index (Phi) is 8.68. The molecule has 0 aromatic carbocycles. The number of aliphatic imine (C=N–C) groups is 1. The number of nitrogens with zero attached hydrogens (tertiary/aromatic N) is 4. The smallest absolute Gasteiger partial charge is 0.193 e. The van der Waals surface area contributed by atoms with Crippen molar-refractivity contribution in [2.45, 2.75) is 66.3 Å². The molecule has 0 aromatic rings. The quantitative estimate of drug-likeness (QED) is 0.556. The van der Waals surface area contributed by atoms with Crippen molar-refractivity contribution in [1.82, 2.24) is 20.0 Å². The van der Waals surface area contributed by atoms with Crippen LogP contribution in [0.4, 0.5) is 0 Å². The number of piperidine rings is 1. The second-order valence-electron chi connectivity index (χ2n) is 8.60. The van der Waals surface area contributed by atoms with Gasteiger partial charge in [-0.15, -0.1) is 0 Å². The van der Waals surface area contributed by atoms with Gasteiger partial charge in [-0.2, -0.15) is 0 Å². The van der Waals surface area contributed by atoms with Crippen molar-refractivity contribution >= 4 is 5.96 Å². The Balaban J connectivity index is 1.93. The maximum Gasteiger partial charge on any atom is 0.193 e. The summed E-state index contributed by atoms with van der Waals surface area (Å²) < 4.78 is 0. The van der Waals surface area contributed by atoms with Crippen molar-refractivity contribution in [3.05, 3.63) is 0 Å². The van der Waals surface area contributed by atoms with E-state index in [2.05, 4.69) is 54.6 Å². The molecule has 2 unspecified atom stereocenters. The van der Waals surface area contributed by atoms with Gasteiger partial charge in [-0.25, -0.2) is 0 Å². The third kappa shape index (κ3) is 6.12. The molecule has 2 atom stereocenters. The standard InChI is InChI=1S/C21H43N5/c1-6-10-21(5)11-9-12-26(18-21)20(22-7-2)23-17-19(4)25-15-13-24(8-3)14-16-25/h19H,6-18H2,1-5H3,(H,22,23). The minimum atomic E-state index is 0.450. The first-order valence-corrected chi connectivity index (χ1v) is 11.0. The topological polar surface area (TPSA) is 34.1 Å². The van der Waals surface area contributed by atoms with E-state index in [0.717, 1.165) is 32.1 Å². The summed E-state index contributed by atoms with van der Waals surface area (Å²) in [7, 11) is 0. The van der Waals surface area contributed by atoms with Crippen molar-refractivity contribution in [1.29, 1.82) is 0 Å². The number of nitrogens with one attached hydrogen (secondary N) is 1. The van der Waals surface area contributed by atoms with Crippen LogP contribution in [0, 0.1) is 5.41 Å². The Morgan fingerprint density at radius 1 is 1.12 bits per heavy atom. The molecule has 26 heavy (non-hydrogen) atoms. The number of likely N-dealkylation sites (tertiary alicyclic amines) is 1. The van der Waals surface area contributed by atoms with E-state index in [1.165, 1.54) is 58.4 Å². The Morgan fingerprint density at radius 3 is 2.46 bits per heavy atom. The van der Waals surface area contributed by atoms with Crippen LogP contribution in [0.3, 0.4) is 0 Å². The molecule has 2 aliphatic rings. The van der Waals surface area contributed by atoms with E-state index < -0.39 is 0 Å². The third-order valence-corrected chi connectivity index (χ3v) is 6.25. The maximum absolute atomic E-state index is 5.05. The van der Waals surface area contributed by atoms with Crippen molar-refractivity contribution in [2.24, 2.45) is 10.4 Å². The predicted octanol–water partition coefficient (Wildman–Crippen LogP) is 2.88. The molecule has 0 aromatic heterocycles. The molecule has 0 radical (unpaired) electrons. The van der Waals surface area contributed by atoms with E-state index in [1.807, 2.05) is 0 Å². The van der Waals surface area contributed by atoms with Gasteiger partial charge in [0.15, 0.2) is 5.96 Å². The molecule has 1 N–H and O–H groups in total. The molecular weight excluding hydrogens is 322 g/mol. The lowest BCUT2D eigenvalue weighted by atomic mass is 9.78. The first kappa shape index (κ1) is 21.5. The summed E-state index contributed by atoms with van der Waals surface area (Å²) in [6.45, 7) is 21.6. The highest BCUT2D eigenvalue weighted by Crippen LogP contribution is 2.33. The minimum Gasteiger partial charge on any atom is -0.357 e. The van der Waals surface area contributed by atoms with Crippen LogP contribution in [-0.2, 0) is 0 Å². The fraction of sp³-hybridized carbons (Fsp3) is 0.952. The lowest BCUT2D eigenvalue weighted by Crippen LogP contribution is -2.51. The van der Waals surface area contributed by atoms with E-state index in [1.54, 1.807) is 0 Å². The van der Waals surface area contributed by atoms with Gasteiger partial charge >= 0.3 is 0 Å². The zero-order valence-corrected chi connectivity index (χ0v) is 18.1. The summed E-state index contributed by atoms with van der Waals surface area (Å²) in [6.07, 6.45) is 5.24. The molecule has 2 aliphatic heterocycles. The van der Waals surface area contributed by atoms with Crippen LogP contribution in [0.5, 0.6) is 0 Å². The highest BCUT2D eigenvalue weighted by atomic mass is 15.3. The molecule has 2 saturated heterocycles. The van der Waals surface area contributed by atoms with Gasteiger partial charge in [0.05, 0.1) is 6.54 Å². The van der Waals surface area contributed by atoms with Crippen LogP contribution in [0.2, 0.25) is 0 Å². The lowest BCUT2D eigenvalue weighted by Gasteiger charge is -2.42. The molecule has 5 nitrogen and oxygen atoms in total. The molecule has 0 spiro atoms. The third-order valence-electron chi connectivity index (χ3n) is 6.25. The summed E-state index contributed by atoms with van der Waals surface area (Å²) in [5.41, 5.74) is 0.450. The number of likely N-dealkylation sites (N-methyl/N-ethyl adjacent to an activating group) is 1. The summed E-state index contributed by atoms with van der Waals surface area (Å²) in [6, 6.07) is 0.523. The van der Waals surface area contributed by atoms with Crippen LogP contribution >= 0.6 is 0 Å². The first-order chi connectivity index (χ1) is 12.5. The van der Waals surface area contributed by atoms with E-state index >= 15 is 0 Å². The van der Waals surface area contributed by atoms with Crippen LogP contribution in [0.1, 0.15) is 60.3 Å². The average molecular weight is 366 g/mol. The molecule has 2 fully saturated rings. The van der Waals surface area contributed by atoms with Crippen molar-refractivity contribution in [2.75, 3.05) is 58.9 Å². The van der Waals surface area contributed by atoms with Gasteiger partial charge in [-0.3, -0.25) is 9.89 Å². The molecule has 2 heterocycles. The molecule has 0 aliphatic carbocycles. The van der Waals surface area contributed by atoms with E-state index in [9.17, 15) is 0 Å². The molecule has 2 rings (SSSR count). The summed E-state index contributed by atoms with van der Waals surface area (Å²) in [4.78, 5) is 12.7. The fourth-order valence-electron chi connectivity index (χ4n) is 4.58. The van der Waals surface area contributed by atoms with Crippen molar-refractivity contribution in [3.8, 4) is 0 Å². The monoisotopic (exact) mass is 365 g/mol. The zero-order valence-electron chi connectivity index (χ0n) is 18.1. The second-order valence-corrected chi connectivity index (χ2v) is 8.60. The first-order valence-electron chi connectivity index (χ1n) is 11.0. The number of hydrogen-bond acceptors (Lipinski definition) is 3. The predicted molar refractivity (Wildman–Crippen MR) is 113 cm³/mol. The van der Waals surface area contributed by atoms with E-state index in [0.29, 0.717) is 11.5 Å². The molecule has 0 amide bonds. The van der Waals surface area contributed by atoms with Crippen molar-refractivity contribution < 1.29 is 0 Å². The number of piperazine rings is 1. The van der Waals surface area contributed by atoms with E-state index in [4.69, 9.17) is 4.99 Å². The van der Waals surface area contributed by atoms with Crippen LogP contribution in [-0.4, -0.2) is 85.6 Å². The summed E-state index contributed by atoms with van der Waals surface area (Å²) >= 11 is 0. The Hall–Kier alpha value is -0.810. The summed E-state index contributed by atoms with van der Waals surface area (Å²) in [5, 5.41) is 3.56. The molecular formula is C21H43N5. The molecule has 152 valence electrons.